The average molecular weight is 341 g/mol. The van der Waals surface area contributed by atoms with Crippen molar-refractivity contribution in [2.75, 3.05) is 27.7 Å². The summed E-state index contributed by atoms with van der Waals surface area (Å²) in [6.07, 6.45) is 2.45. The number of rotatable bonds is 4. The summed E-state index contributed by atoms with van der Waals surface area (Å²) in [5.74, 6) is 0. The van der Waals surface area contributed by atoms with E-state index in [0.717, 1.165) is 19.1 Å². The van der Waals surface area contributed by atoms with E-state index in [2.05, 4.69) is 92.5 Å². The number of fused-ring (bicyclic) bond motifs is 1. The first kappa shape index (κ1) is 21.4. The van der Waals surface area contributed by atoms with Crippen molar-refractivity contribution in [3.63, 3.8) is 0 Å². The van der Waals surface area contributed by atoms with Gasteiger partial charge in [0.2, 0.25) is 0 Å². The van der Waals surface area contributed by atoms with Gasteiger partial charge in [0, 0.05) is 12.6 Å². The van der Waals surface area contributed by atoms with Gasteiger partial charge in [0.1, 0.15) is 0 Å². The highest BCUT2D eigenvalue weighted by atomic mass is 15.1. The third kappa shape index (κ3) is 7.41. The SMILES string of the molecule is CC.CCN(C)Cc1ccccc1.CN(C)C1Cc2ccccc2C1. The molecule has 2 heteroatoms. The summed E-state index contributed by atoms with van der Waals surface area (Å²) in [6, 6.07) is 20.0. The van der Waals surface area contributed by atoms with Crippen LogP contribution in [0.3, 0.4) is 0 Å². The van der Waals surface area contributed by atoms with Crippen LogP contribution in [-0.2, 0) is 19.4 Å². The molecule has 138 valence electrons. The topological polar surface area (TPSA) is 6.48 Å². The Hall–Kier alpha value is -1.64. The molecule has 0 unspecified atom stereocenters. The van der Waals surface area contributed by atoms with Crippen LogP contribution in [0.15, 0.2) is 54.6 Å². The van der Waals surface area contributed by atoms with Crippen molar-refractivity contribution in [3.05, 3.63) is 71.3 Å². The first-order valence-electron chi connectivity index (χ1n) is 9.55. The summed E-state index contributed by atoms with van der Waals surface area (Å²) < 4.78 is 0. The number of hydrogen-bond donors (Lipinski definition) is 0. The predicted octanol–water partition coefficient (Wildman–Crippen LogP) is 4.88. The maximum atomic E-state index is 2.32. The van der Waals surface area contributed by atoms with Crippen LogP contribution in [-0.4, -0.2) is 43.5 Å². The van der Waals surface area contributed by atoms with Crippen molar-refractivity contribution in [1.29, 1.82) is 0 Å². The fourth-order valence-corrected chi connectivity index (χ4v) is 2.91. The minimum atomic E-state index is 0.724. The first-order valence-corrected chi connectivity index (χ1v) is 9.55. The Balaban J connectivity index is 0.000000229. The van der Waals surface area contributed by atoms with Gasteiger partial charge in [-0.05, 0) is 57.2 Å². The van der Waals surface area contributed by atoms with Crippen LogP contribution in [0.1, 0.15) is 37.5 Å². The summed E-state index contributed by atoms with van der Waals surface area (Å²) in [5.41, 5.74) is 4.46. The molecule has 2 aromatic rings. The molecule has 0 N–H and O–H groups in total. The summed E-state index contributed by atoms with van der Waals surface area (Å²) in [5, 5.41) is 0. The van der Waals surface area contributed by atoms with Crippen molar-refractivity contribution < 1.29 is 0 Å². The van der Waals surface area contributed by atoms with Gasteiger partial charge in [0.05, 0.1) is 0 Å². The second-order valence-corrected chi connectivity index (χ2v) is 6.61. The zero-order chi connectivity index (χ0) is 18.7. The largest absolute Gasteiger partial charge is 0.306 e. The number of benzene rings is 2. The maximum absolute atomic E-state index is 2.32. The Morgan fingerprint density at radius 3 is 1.72 bits per heavy atom. The summed E-state index contributed by atoms with van der Waals surface area (Å²) in [7, 11) is 6.46. The second-order valence-electron chi connectivity index (χ2n) is 6.61. The Bertz CT molecular complexity index is 553. The van der Waals surface area contributed by atoms with E-state index in [0.29, 0.717) is 0 Å². The lowest BCUT2D eigenvalue weighted by molar-refractivity contribution is 0.303. The summed E-state index contributed by atoms with van der Waals surface area (Å²) in [6.45, 7) is 8.33. The fourth-order valence-electron chi connectivity index (χ4n) is 2.91. The standard InChI is InChI=1S/C11H15N.C10H15N.C2H6/c1-12(2)11-7-9-5-3-4-6-10(9)8-11;1-3-11(2)9-10-7-5-4-6-8-10;1-2/h3-6,11H,7-8H2,1-2H3;4-8H,3,9H2,1-2H3;1-2H3. The van der Waals surface area contributed by atoms with E-state index >= 15 is 0 Å². The van der Waals surface area contributed by atoms with Crippen molar-refractivity contribution in [1.82, 2.24) is 9.80 Å². The smallest absolute Gasteiger partial charge is 0.0230 e. The molecule has 0 spiro atoms. The number of nitrogens with zero attached hydrogens (tertiary/aromatic N) is 2. The molecule has 25 heavy (non-hydrogen) atoms. The molecule has 0 heterocycles. The van der Waals surface area contributed by atoms with Crippen LogP contribution < -0.4 is 0 Å². The highest BCUT2D eigenvalue weighted by Crippen LogP contribution is 2.23. The lowest BCUT2D eigenvalue weighted by Crippen LogP contribution is -2.27. The fraction of sp³-hybridized carbons (Fsp3) is 0.478. The van der Waals surface area contributed by atoms with Crippen LogP contribution in [0.4, 0.5) is 0 Å². The van der Waals surface area contributed by atoms with Gasteiger partial charge in [0.25, 0.3) is 0 Å². The third-order valence-electron chi connectivity index (χ3n) is 4.59. The molecule has 0 bridgehead atoms. The predicted molar refractivity (Wildman–Crippen MR) is 111 cm³/mol. The first-order chi connectivity index (χ1) is 12.1. The molecule has 0 amide bonds. The van der Waals surface area contributed by atoms with Gasteiger partial charge in [-0.15, -0.1) is 0 Å². The van der Waals surface area contributed by atoms with Crippen molar-refractivity contribution in [2.45, 2.75) is 46.2 Å². The van der Waals surface area contributed by atoms with Gasteiger partial charge in [-0.1, -0.05) is 75.4 Å². The van der Waals surface area contributed by atoms with Gasteiger partial charge in [-0.25, -0.2) is 0 Å². The zero-order valence-corrected chi connectivity index (χ0v) is 17.0. The molecular formula is C23H36N2. The molecule has 2 aromatic carbocycles. The van der Waals surface area contributed by atoms with E-state index in [4.69, 9.17) is 0 Å². The quantitative estimate of drug-likeness (QED) is 0.782. The van der Waals surface area contributed by atoms with E-state index in [-0.39, 0.29) is 0 Å². The van der Waals surface area contributed by atoms with E-state index in [1.807, 2.05) is 13.8 Å². The van der Waals surface area contributed by atoms with Gasteiger partial charge in [-0.3, -0.25) is 0 Å². The number of likely N-dealkylation sites (N-methyl/N-ethyl adjacent to an activating group) is 1. The third-order valence-corrected chi connectivity index (χ3v) is 4.59. The minimum absolute atomic E-state index is 0.724. The second kappa shape index (κ2) is 11.8. The van der Waals surface area contributed by atoms with Crippen LogP contribution in [0.25, 0.3) is 0 Å². The van der Waals surface area contributed by atoms with E-state index < -0.39 is 0 Å². The van der Waals surface area contributed by atoms with E-state index in [9.17, 15) is 0 Å². The van der Waals surface area contributed by atoms with Gasteiger partial charge >= 0.3 is 0 Å². The highest BCUT2D eigenvalue weighted by molar-refractivity contribution is 5.33. The Morgan fingerprint density at radius 1 is 0.800 bits per heavy atom. The molecule has 1 aliphatic rings. The molecule has 3 rings (SSSR count). The summed E-state index contributed by atoms with van der Waals surface area (Å²) in [4.78, 5) is 4.61. The minimum Gasteiger partial charge on any atom is -0.306 e. The lowest BCUT2D eigenvalue weighted by Gasteiger charge is -2.17. The summed E-state index contributed by atoms with van der Waals surface area (Å²) >= 11 is 0. The van der Waals surface area contributed by atoms with Crippen molar-refractivity contribution in [3.8, 4) is 0 Å². The van der Waals surface area contributed by atoms with Crippen LogP contribution in [0, 0.1) is 0 Å². The Labute approximate surface area is 155 Å². The number of hydrogen-bond acceptors (Lipinski definition) is 2. The molecule has 0 aromatic heterocycles. The van der Waals surface area contributed by atoms with Crippen molar-refractivity contribution in [2.24, 2.45) is 0 Å². The molecule has 0 saturated carbocycles. The van der Waals surface area contributed by atoms with Gasteiger partial charge in [0.15, 0.2) is 0 Å². The normalized spacial score (nSPS) is 13.0. The Morgan fingerprint density at radius 2 is 1.28 bits per heavy atom. The molecule has 0 radical (unpaired) electrons. The molecule has 0 aliphatic heterocycles. The molecule has 0 fully saturated rings. The zero-order valence-electron chi connectivity index (χ0n) is 17.0. The van der Waals surface area contributed by atoms with Gasteiger partial charge < -0.3 is 9.80 Å². The monoisotopic (exact) mass is 340 g/mol. The lowest BCUT2D eigenvalue weighted by atomic mass is 10.1. The molecule has 2 nitrogen and oxygen atoms in total. The molecule has 1 aliphatic carbocycles. The van der Waals surface area contributed by atoms with Crippen LogP contribution in [0.5, 0.6) is 0 Å². The van der Waals surface area contributed by atoms with E-state index in [1.54, 1.807) is 0 Å². The van der Waals surface area contributed by atoms with Gasteiger partial charge in [-0.2, -0.15) is 0 Å². The highest BCUT2D eigenvalue weighted by Gasteiger charge is 2.21. The van der Waals surface area contributed by atoms with Crippen LogP contribution in [0.2, 0.25) is 0 Å². The van der Waals surface area contributed by atoms with E-state index in [1.165, 1.54) is 29.5 Å². The Kier molecular flexibility index (Phi) is 10.1. The van der Waals surface area contributed by atoms with Crippen molar-refractivity contribution >= 4 is 0 Å². The van der Waals surface area contributed by atoms with Crippen LogP contribution >= 0.6 is 0 Å². The molecule has 0 atom stereocenters. The molecule has 0 saturated heterocycles. The average Bonchev–Trinajstić information content (AvgIpc) is 3.09. The maximum Gasteiger partial charge on any atom is 0.0230 e. The molecular weight excluding hydrogens is 304 g/mol.